The number of aromatic nitrogens is 2. The van der Waals surface area contributed by atoms with Gasteiger partial charge < -0.3 is 16.0 Å². The fraction of sp³-hybridized carbons (Fsp3) is 0.333. The second kappa shape index (κ2) is 8.74. The Hall–Kier alpha value is -3.07. The Balaban J connectivity index is 1.42. The number of hydrogen-bond donors (Lipinski definition) is 2. The lowest BCUT2D eigenvalue weighted by Crippen LogP contribution is -2.42. The summed E-state index contributed by atoms with van der Waals surface area (Å²) >= 11 is 1.49. The van der Waals surface area contributed by atoms with Crippen molar-refractivity contribution in [3.8, 4) is 11.1 Å². The van der Waals surface area contributed by atoms with Crippen molar-refractivity contribution < 1.29 is 14.0 Å². The number of rotatable bonds is 6. The molecule has 1 aliphatic rings. The topological polar surface area (TPSA) is 101 Å². The van der Waals surface area contributed by atoms with Crippen molar-refractivity contribution >= 4 is 39.2 Å². The summed E-state index contributed by atoms with van der Waals surface area (Å²) in [5, 5.41) is 6.09. The molecule has 156 valence electrons. The number of primary amides is 1. The summed E-state index contributed by atoms with van der Waals surface area (Å²) in [4.78, 5) is 35.1. The molecule has 4 rings (SSSR count). The minimum Gasteiger partial charge on any atom is -0.369 e. The first-order chi connectivity index (χ1) is 14.5. The predicted octanol–water partition coefficient (Wildman–Crippen LogP) is 3.02. The van der Waals surface area contributed by atoms with Gasteiger partial charge in [0.15, 0.2) is 0 Å². The molecule has 1 fully saturated rings. The summed E-state index contributed by atoms with van der Waals surface area (Å²) in [6.45, 7) is 1.55. The number of anilines is 1. The van der Waals surface area contributed by atoms with Gasteiger partial charge in [0.25, 0.3) is 0 Å². The summed E-state index contributed by atoms with van der Waals surface area (Å²) < 4.78 is 13.3. The average molecular weight is 428 g/mol. The van der Waals surface area contributed by atoms with Crippen LogP contribution in [0.15, 0.2) is 36.0 Å². The van der Waals surface area contributed by atoms with Crippen molar-refractivity contribution in [1.82, 2.24) is 14.9 Å². The van der Waals surface area contributed by atoms with Gasteiger partial charge in [-0.05, 0) is 30.5 Å². The van der Waals surface area contributed by atoms with Gasteiger partial charge in [-0.25, -0.2) is 14.4 Å². The number of fused-ring (bicyclic) bond motifs is 1. The number of nitrogens with two attached hydrogens (primary N) is 1. The number of amides is 2. The molecule has 3 N–H and O–H groups in total. The third-order valence-electron chi connectivity index (χ3n) is 5.41. The summed E-state index contributed by atoms with van der Waals surface area (Å²) in [5.41, 5.74) is 7.16. The van der Waals surface area contributed by atoms with E-state index in [1.165, 1.54) is 29.8 Å². The van der Waals surface area contributed by atoms with E-state index in [0.29, 0.717) is 44.7 Å². The van der Waals surface area contributed by atoms with Crippen LogP contribution in [-0.4, -0.2) is 46.3 Å². The van der Waals surface area contributed by atoms with E-state index in [4.69, 9.17) is 5.73 Å². The SMILES string of the molecule is NC(=O)C1CCN(C(=O)CCNc2ncnc3scc(-c4ccc(F)cc4)c23)CC1. The van der Waals surface area contributed by atoms with E-state index in [2.05, 4.69) is 15.3 Å². The minimum atomic E-state index is -0.288. The molecule has 2 aromatic heterocycles. The third kappa shape index (κ3) is 4.25. The summed E-state index contributed by atoms with van der Waals surface area (Å²) in [6.07, 6.45) is 3.06. The average Bonchev–Trinajstić information content (AvgIpc) is 3.19. The van der Waals surface area contributed by atoms with Crippen LogP contribution in [0.25, 0.3) is 21.3 Å². The highest BCUT2D eigenvalue weighted by atomic mass is 32.1. The van der Waals surface area contributed by atoms with Crippen LogP contribution in [0.5, 0.6) is 0 Å². The smallest absolute Gasteiger partial charge is 0.224 e. The number of likely N-dealkylation sites (tertiary alicyclic amines) is 1. The summed E-state index contributed by atoms with van der Waals surface area (Å²) in [7, 11) is 0. The molecule has 0 radical (unpaired) electrons. The second-order valence-corrected chi connectivity index (χ2v) is 8.15. The number of hydrogen-bond acceptors (Lipinski definition) is 6. The Bertz CT molecular complexity index is 1060. The molecule has 2 amide bonds. The van der Waals surface area contributed by atoms with Crippen molar-refractivity contribution in [2.24, 2.45) is 11.7 Å². The van der Waals surface area contributed by atoms with Gasteiger partial charge in [0.1, 0.15) is 22.8 Å². The first kappa shape index (κ1) is 20.2. The number of carbonyl (C=O) groups excluding carboxylic acids is 2. The monoisotopic (exact) mass is 427 g/mol. The third-order valence-corrected chi connectivity index (χ3v) is 6.29. The van der Waals surface area contributed by atoms with Gasteiger partial charge in [-0.3, -0.25) is 9.59 Å². The van der Waals surface area contributed by atoms with Crippen molar-refractivity contribution in [3.05, 3.63) is 41.8 Å². The van der Waals surface area contributed by atoms with Crippen LogP contribution in [-0.2, 0) is 9.59 Å². The lowest BCUT2D eigenvalue weighted by Gasteiger charge is -2.30. The predicted molar refractivity (Wildman–Crippen MR) is 114 cm³/mol. The first-order valence-corrected chi connectivity index (χ1v) is 10.7. The van der Waals surface area contributed by atoms with Gasteiger partial charge in [0.05, 0.1) is 5.39 Å². The van der Waals surface area contributed by atoms with Gasteiger partial charge in [-0.2, -0.15) is 0 Å². The Labute approximate surface area is 177 Å². The van der Waals surface area contributed by atoms with Crippen molar-refractivity contribution in [3.63, 3.8) is 0 Å². The molecule has 0 aliphatic carbocycles. The number of benzene rings is 1. The Kier molecular flexibility index (Phi) is 5.89. The van der Waals surface area contributed by atoms with E-state index in [-0.39, 0.29) is 23.5 Å². The lowest BCUT2D eigenvalue weighted by molar-refractivity contribution is -0.134. The largest absolute Gasteiger partial charge is 0.369 e. The van der Waals surface area contributed by atoms with Crippen LogP contribution in [0.2, 0.25) is 0 Å². The highest BCUT2D eigenvalue weighted by Crippen LogP contribution is 2.36. The maximum atomic E-state index is 13.3. The zero-order chi connectivity index (χ0) is 21.1. The fourth-order valence-electron chi connectivity index (χ4n) is 3.71. The van der Waals surface area contributed by atoms with Gasteiger partial charge in [0.2, 0.25) is 11.8 Å². The van der Waals surface area contributed by atoms with Gasteiger partial charge >= 0.3 is 0 Å². The van der Waals surface area contributed by atoms with E-state index in [9.17, 15) is 14.0 Å². The summed E-state index contributed by atoms with van der Waals surface area (Å²) in [5.74, 6) is -0.0129. The molecule has 0 saturated carbocycles. The van der Waals surface area contributed by atoms with Crippen molar-refractivity contribution in [1.29, 1.82) is 0 Å². The number of carbonyl (C=O) groups is 2. The number of thiophene rings is 1. The number of halogens is 1. The molecule has 1 aromatic carbocycles. The van der Waals surface area contributed by atoms with Gasteiger partial charge in [-0.15, -0.1) is 11.3 Å². The molecular weight excluding hydrogens is 405 g/mol. The Morgan fingerprint density at radius 3 is 2.63 bits per heavy atom. The molecule has 0 atom stereocenters. The number of nitrogens with zero attached hydrogens (tertiary/aromatic N) is 3. The second-order valence-electron chi connectivity index (χ2n) is 7.29. The minimum absolute atomic E-state index is 0.0415. The van der Waals surface area contributed by atoms with Gasteiger partial charge in [0, 0.05) is 42.9 Å². The maximum absolute atomic E-state index is 13.3. The van der Waals surface area contributed by atoms with E-state index in [1.54, 1.807) is 17.0 Å². The van der Waals surface area contributed by atoms with E-state index < -0.39 is 0 Å². The quantitative estimate of drug-likeness (QED) is 0.630. The van der Waals surface area contributed by atoms with Crippen molar-refractivity contribution in [2.45, 2.75) is 19.3 Å². The Morgan fingerprint density at radius 1 is 1.20 bits per heavy atom. The molecule has 0 bridgehead atoms. The highest BCUT2D eigenvalue weighted by Gasteiger charge is 2.25. The summed E-state index contributed by atoms with van der Waals surface area (Å²) in [6, 6.07) is 6.31. The number of nitrogens with one attached hydrogen (secondary N) is 1. The Morgan fingerprint density at radius 2 is 1.93 bits per heavy atom. The van der Waals surface area contributed by atoms with Gasteiger partial charge in [-0.1, -0.05) is 12.1 Å². The van der Waals surface area contributed by atoms with E-state index in [1.807, 2.05) is 5.38 Å². The van der Waals surface area contributed by atoms with Crippen LogP contribution < -0.4 is 11.1 Å². The van der Waals surface area contributed by atoms with Crippen LogP contribution >= 0.6 is 11.3 Å². The lowest BCUT2D eigenvalue weighted by atomic mass is 9.96. The molecule has 9 heteroatoms. The molecule has 0 unspecified atom stereocenters. The molecule has 3 heterocycles. The van der Waals surface area contributed by atoms with Crippen LogP contribution in [0, 0.1) is 11.7 Å². The zero-order valence-corrected chi connectivity index (χ0v) is 17.1. The van der Waals surface area contributed by atoms with Crippen LogP contribution in [0.4, 0.5) is 10.2 Å². The number of piperidine rings is 1. The van der Waals surface area contributed by atoms with E-state index >= 15 is 0 Å². The molecule has 7 nitrogen and oxygen atoms in total. The molecule has 30 heavy (non-hydrogen) atoms. The zero-order valence-electron chi connectivity index (χ0n) is 16.3. The highest BCUT2D eigenvalue weighted by molar-refractivity contribution is 7.17. The molecular formula is C21H22FN5O2S. The van der Waals surface area contributed by atoms with E-state index in [0.717, 1.165) is 21.3 Å². The standard InChI is InChI=1S/C21H22FN5O2S/c22-15-3-1-13(2-4-15)16-11-30-21-18(16)20(25-12-26-21)24-8-5-17(28)27-9-6-14(7-10-27)19(23)29/h1-4,11-12,14H,5-10H2,(H2,23,29)(H,24,25,26). The van der Waals surface area contributed by atoms with Crippen LogP contribution in [0.3, 0.4) is 0 Å². The fourth-order valence-corrected chi connectivity index (χ4v) is 4.63. The normalized spacial score (nSPS) is 14.8. The molecule has 3 aromatic rings. The van der Waals surface area contributed by atoms with Crippen molar-refractivity contribution in [2.75, 3.05) is 25.0 Å². The van der Waals surface area contributed by atoms with Crippen LogP contribution in [0.1, 0.15) is 19.3 Å². The maximum Gasteiger partial charge on any atom is 0.224 e. The molecule has 1 aliphatic heterocycles. The molecule has 0 spiro atoms. The molecule has 1 saturated heterocycles. The first-order valence-electron chi connectivity index (χ1n) is 9.82.